The number of hydrogen-bond acceptors (Lipinski definition) is 2. The maximum Gasteiger partial charge on any atom is 0.0557 e. The Hall–Kier alpha value is -0.0800. The maximum absolute atomic E-state index is 9.62. The molecule has 0 bridgehead atoms. The minimum absolute atomic E-state index is 0.222. The van der Waals surface area contributed by atoms with Gasteiger partial charge in [0.1, 0.15) is 0 Å². The van der Waals surface area contributed by atoms with E-state index in [-0.39, 0.29) is 17.6 Å². The maximum atomic E-state index is 9.62. The number of aliphatic hydroxyl groups is 1. The van der Waals surface area contributed by atoms with Crippen molar-refractivity contribution < 1.29 is 5.11 Å². The Morgan fingerprint density at radius 2 is 1.79 bits per heavy atom. The minimum atomic E-state index is -0.295. The molecule has 0 aromatic rings. The van der Waals surface area contributed by atoms with Crippen molar-refractivity contribution >= 4 is 0 Å². The molecule has 0 fully saturated rings. The van der Waals surface area contributed by atoms with Crippen LogP contribution in [0.5, 0.6) is 0 Å². The van der Waals surface area contributed by atoms with Crippen LogP contribution in [0.2, 0.25) is 0 Å². The molecule has 0 aliphatic rings. The molecular weight excluding hydrogens is 174 g/mol. The predicted molar refractivity (Wildman–Crippen MR) is 62.2 cm³/mol. The number of hydrogen-bond donors (Lipinski definition) is 2. The Morgan fingerprint density at radius 1 is 1.21 bits per heavy atom. The first-order valence-corrected chi connectivity index (χ1v) is 5.86. The van der Waals surface area contributed by atoms with Gasteiger partial charge in [-0.15, -0.1) is 0 Å². The summed E-state index contributed by atoms with van der Waals surface area (Å²) in [5.41, 5.74) is 5.77. The quantitative estimate of drug-likeness (QED) is 0.622. The third kappa shape index (κ3) is 5.61. The van der Waals surface area contributed by atoms with E-state index in [4.69, 9.17) is 5.73 Å². The Kier molecular flexibility index (Phi) is 6.38. The normalized spacial score (nSPS) is 16.7. The van der Waals surface area contributed by atoms with Crippen molar-refractivity contribution in [3.8, 4) is 0 Å². The summed E-state index contributed by atoms with van der Waals surface area (Å²) in [5.74, 6) is 0.222. The fourth-order valence-corrected chi connectivity index (χ4v) is 2.03. The summed E-state index contributed by atoms with van der Waals surface area (Å²) in [6, 6.07) is 0. The lowest BCUT2D eigenvalue weighted by Crippen LogP contribution is -2.45. The average molecular weight is 201 g/mol. The Bertz CT molecular complexity index is 138. The van der Waals surface area contributed by atoms with Gasteiger partial charge in [-0.25, -0.2) is 0 Å². The van der Waals surface area contributed by atoms with E-state index in [0.29, 0.717) is 0 Å². The Labute approximate surface area is 88.9 Å². The van der Waals surface area contributed by atoms with Crippen LogP contribution in [0.1, 0.15) is 59.8 Å². The lowest BCUT2D eigenvalue weighted by Gasteiger charge is -2.33. The number of rotatable bonds is 7. The summed E-state index contributed by atoms with van der Waals surface area (Å²) in [7, 11) is 0. The molecule has 2 heteroatoms. The predicted octanol–water partition coefficient (Wildman–Crippen LogP) is 2.69. The highest BCUT2D eigenvalue weighted by Gasteiger charge is 2.28. The van der Waals surface area contributed by atoms with E-state index in [1.807, 2.05) is 20.8 Å². The third-order valence-corrected chi connectivity index (χ3v) is 2.91. The van der Waals surface area contributed by atoms with E-state index in [2.05, 4.69) is 6.92 Å². The highest BCUT2D eigenvalue weighted by atomic mass is 16.3. The van der Waals surface area contributed by atoms with Gasteiger partial charge in [0.05, 0.1) is 6.10 Å². The van der Waals surface area contributed by atoms with Crippen molar-refractivity contribution in [2.45, 2.75) is 71.4 Å². The van der Waals surface area contributed by atoms with E-state index >= 15 is 0 Å². The van der Waals surface area contributed by atoms with Gasteiger partial charge in [-0.1, -0.05) is 32.6 Å². The summed E-state index contributed by atoms with van der Waals surface area (Å²) < 4.78 is 0. The average Bonchev–Trinajstić information content (AvgIpc) is 2.01. The molecule has 14 heavy (non-hydrogen) atoms. The molecule has 0 saturated heterocycles. The molecule has 0 radical (unpaired) electrons. The van der Waals surface area contributed by atoms with Crippen molar-refractivity contribution in [2.75, 3.05) is 0 Å². The van der Waals surface area contributed by atoms with Gasteiger partial charge in [0.25, 0.3) is 0 Å². The monoisotopic (exact) mass is 201 g/mol. The zero-order valence-electron chi connectivity index (χ0n) is 10.2. The van der Waals surface area contributed by atoms with Gasteiger partial charge in [-0.3, -0.25) is 0 Å². The number of aliphatic hydroxyl groups excluding tert-OH is 1. The lowest BCUT2D eigenvalue weighted by molar-refractivity contribution is 0.0772. The smallest absolute Gasteiger partial charge is 0.0557 e. The lowest BCUT2D eigenvalue weighted by atomic mass is 9.81. The Morgan fingerprint density at radius 3 is 2.14 bits per heavy atom. The molecule has 0 aromatic carbocycles. The van der Waals surface area contributed by atoms with E-state index in [1.165, 1.54) is 25.7 Å². The van der Waals surface area contributed by atoms with Gasteiger partial charge in [-0.05, 0) is 27.2 Å². The molecule has 0 spiro atoms. The van der Waals surface area contributed by atoms with Crippen LogP contribution in [0.4, 0.5) is 0 Å². The van der Waals surface area contributed by atoms with Gasteiger partial charge in [0.15, 0.2) is 0 Å². The van der Waals surface area contributed by atoms with Gasteiger partial charge in [-0.2, -0.15) is 0 Å². The zero-order valence-corrected chi connectivity index (χ0v) is 10.2. The molecule has 86 valence electrons. The largest absolute Gasteiger partial charge is 0.393 e. The molecule has 0 rings (SSSR count). The molecule has 0 aromatic heterocycles. The topological polar surface area (TPSA) is 46.2 Å². The second kappa shape index (κ2) is 6.41. The van der Waals surface area contributed by atoms with Crippen LogP contribution in [-0.4, -0.2) is 16.7 Å². The molecular formula is C12H27NO. The molecule has 2 atom stereocenters. The van der Waals surface area contributed by atoms with Crippen LogP contribution >= 0.6 is 0 Å². The first kappa shape index (κ1) is 13.9. The fourth-order valence-electron chi connectivity index (χ4n) is 2.03. The second-order valence-electron chi connectivity index (χ2n) is 5.02. The highest BCUT2D eigenvalue weighted by molar-refractivity contribution is 4.85. The number of unbranched alkanes of at least 4 members (excludes halogenated alkanes) is 3. The van der Waals surface area contributed by atoms with Crippen LogP contribution in [-0.2, 0) is 0 Å². The van der Waals surface area contributed by atoms with Crippen molar-refractivity contribution in [2.24, 2.45) is 11.7 Å². The van der Waals surface area contributed by atoms with Crippen LogP contribution < -0.4 is 5.73 Å². The first-order valence-electron chi connectivity index (χ1n) is 5.86. The summed E-state index contributed by atoms with van der Waals surface area (Å²) >= 11 is 0. The van der Waals surface area contributed by atoms with E-state index in [1.54, 1.807) is 0 Å². The molecule has 3 N–H and O–H groups in total. The van der Waals surface area contributed by atoms with Crippen molar-refractivity contribution in [1.82, 2.24) is 0 Å². The van der Waals surface area contributed by atoms with E-state index in [0.717, 1.165) is 6.42 Å². The summed E-state index contributed by atoms with van der Waals surface area (Å²) in [6.45, 7) is 8.06. The summed E-state index contributed by atoms with van der Waals surface area (Å²) in [5, 5.41) is 9.62. The van der Waals surface area contributed by atoms with Gasteiger partial charge in [0, 0.05) is 11.5 Å². The van der Waals surface area contributed by atoms with E-state index in [9.17, 15) is 5.11 Å². The van der Waals surface area contributed by atoms with Crippen LogP contribution in [0.25, 0.3) is 0 Å². The second-order valence-corrected chi connectivity index (χ2v) is 5.02. The molecule has 2 unspecified atom stereocenters. The van der Waals surface area contributed by atoms with Crippen molar-refractivity contribution in [1.29, 1.82) is 0 Å². The minimum Gasteiger partial charge on any atom is -0.393 e. The van der Waals surface area contributed by atoms with Crippen molar-refractivity contribution in [3.05, 3.63) is 0 Å². The van der Waals surface area contributed by atoms with Crippen LogP contribution in [0.3, 0.4) is 0 Å². The molecule has 0 aliphatic carbocycles. The summed E-state index contributed by atoms with van der Waals surface area (Å²) in [6.07, 6.45) is 5.74. The molecule has 2 nitrogen and oxygen atoms in total. The molecule has 0 heterocycles. The van der Waals surface area contributed by atoms with Gasteiger partial charge in [0.2, 0.25) is 0 Å². The van der Waals surface area contributed by atoms with Crippen LogP contribution in [0, 0.1) is 5.92 Å². The molecule has 0 aliphatic heterocycles. The van der Waals surface area contributed by atoms with Crippen LogP contribution in [0.15, 0.2) is 0 Å². The Balaban J connectivity index is 3.87. The standard InChI is InChI=1S/C12H27NO/c1-5-6-7-8-9-11(10(2)14)12(3,4)13/h10-11,14H,5-9,13H2,1-4H3. The third-order valence-electron chi connectivity index (χ3n) is 2.91. The molecule has 0 saturated carbocycles. The summed E-state index contributed by atoms with van der Waals surface area (Å²) in [4.78, 5) is 0. The van der Waals surface area contributed by atoms with E-state index < -0.39 is 0 Å². The molecule has 0 amide bonds. The first-order chi connectivity index (χ1) is 6.39. The SMILES string of the molecule is CCCCCCC(C(C)O)C(C)(C)N. The number of nitrogens with two attached hydrogens (primary N) is 1. The zero-order chi connectivity index (χ0) is 11.2. The fraction of sp³-hybridized carbons (Fsp3) is 1.00. The highest BCUT2D eigenvalue weighted by Crippen LogP contribution is 2.24. The van der Waals surface area contributed by atoms with Gasteiger partial charge >= 0.3 is 0 Å². The van der Waals surface area contributed by atoms with Crippen molar-refractivity contribution in [3.63, 3.8) is 0 Å². The van der Waals surface area contributed by atoms with Gasteiger partial charge < -0.3 is 10.8 Å².